The quantitative estimate of drug-likeness (QED) is 0.540. The molecule has 0 aromatic heterocycles. The van der Waals surface area contributed by atoms with Crippen LogP contribution in [0.5, 0.6) is 5.75 Å². The standard InChI is InChI=1S/C13H18O4/c1-4-9-17-11-8-6-5-7-10(11)12(14)13(15-2)16-3/h5-8,13H,4,9H2,1-3H3. The minimum atomic E-state index is -0.888. The molecule has 0 radical (unpaired) electrons. The first-order chi connectivity index (χ1) is 8.24. The summed E-state index contributed by atoms with van der Waals surface area (Å²) in [4.78, 5) is 12.1. The molecule has 0 aliphatic heterocycles. The molecule has 0 amide bonds. The monoisotopic (exact) mass is 238 g/mol. The molecule has 17 heavy (non-hydrogen) atoms. The van der Waals surface area contributed by atoms with Gasteiger partial charge in [-0.1, -0.05) is 19.1 Å². The maximum absolute atomic E-state index is 12.1. The van der Waals surface area contributed by atoms with E-state index in [1.165, 1.54) is 14.2 Å². The molecule has 0 N–H and O–H groups in total. The topological polar surface area (TPSA) is 44.8 Å². The van der Waals surface area contributed by atoms with Gasteiger partial charge < -0.3 is 14.2 Å². The molecule has 94 valence electrons. The number of rotatable bonds is 7. The lowest BCUT2D eigenvalue weighted by molar-refractivity contribution is -0.0743. The van der Waals surface area contributed by atoms with Crippen molar-refractivity contribution in [2.45, 2.75) is 19.6 Å². The number of hydrogen-bond donors (Lipinski definition) is 0. The predicted molar refractivity (Wildman–Crippen MR) is 64.4 cm³/mol. The van der Waals surface area contributed by atoms with E-state index in [0.717, 1.165) is 6.42 Å². The van der Waals surface area contributed by atoms with Crippen LogP contribution < -0.4 is 4.74 Å². The summed E-state index contributed by atoms with van der Waals surface area (Å²) < 4.78 is 15.4. The van der Waals surface area contributed by atoms with E-state index in [1.54, 1.807) is 18.2 Å². The van der Waals surface area contributed by atoms with E-state index in [2.05, 4.69) is 0 Å². The molecule has 0 fully saturated rings. The number of carbonyl (C=O) groups is 1. The van der Waals surface area contributed by atoms with Gasteiger partial charge in [0.25, 0.3) is 0 Å². The molecule has 0 atom stereocenters. The van der Waals surface area contributed by atoms with Gasteiger partial charge in [0.2, 0.25) is 12.1 Å². The molecule has 0 spiro atoms. The lowest BCUT2D eigenvalue weighted by Gasteiger charge is -2.15. The number of ether oxygens (including phenoxy) is 3. The van der Waals surface area contributed by atoms with Crippen LogP contribution in [0.1, 0.15) is 23.7 Å². The Morgan fingerprint density at radius 1 is 1.24 bits per heavy atom. The van der Waals surface area contributed by atoms with E-state index < -0.39 is 6.29 Å². The average molecular weight is 238 g/mol. The van der Waals surface area contributed by atoms with Crippen molar-refractivity contribution < 1.29 is 19.0 Å². The lowest BCUT2D eigenvalue weighted by Crippen LogP contribution is -2.25. The molecular weight excluding hydrogens is 220 g/mol. The van der Waals surface area contributed by atoms with Gasteiger partial charge in [0.05, 0.1) is 12.2 Å². The first kappa shape index (κ1) is 13.7. The molecular formula is C13H18O4. The molecule has 1 rings (SSSR count). The van der Waals surface area contributed by atoms with Gasteiger partial charge in [-0.2, -0.15) is 0 Å². The van der Waals surface area contributed by atoms with Crippen LogP contribution in [0.3, 0.4) is 0 Å². The second-order valence-corrected chi connectivity index (χ2v) is 3.51. The summed E-state index contributed by atoms with van der Waals surface area (Å²) in [5, 5.41) is 0. The Labute approximate surface area is 101 Å². The smallest absolute Gasteiger partial charge is 0.222 e. The molecule has 0 saturated carbocycles. The molecule has 4 heteroatoms. The number of para-hydroxylation sites is 1. The average Bonchev–Trinajstić information content (AvgIpc) is 2.38. The third-order valence-corrected chi connectivity index (χ3v) is 2.26. The highest BCUT2D eigenvalue weighted by Crippen LogP contribution is 2.20. The van der Waals surface area contributed by atoms with Crippen molar-refractivity contribution in [2.75, 3.05) is 20.8 Å². The Balaban J connectivity index is 2.91. The van der Waals surface area contributed by atoms with Crippen molar-refractivity contribution in [3.63, 3.8) is 0 Å². The highest BCUT2D eigenvalue weighted by atomic mass is 16.7. The zero-order valence-electron chi connectivity index (χ0n) is 10.4. The Bertz CT molecular complexity index is 358. The van der Waals surface area contributed by atoms with Crippen molar-refractivity contribution in [3.8, 4) is 5.75 Å². The highest BCUT2D eigenvalue weighted by molar-refractivity contribution is 6.01. The van der Waals surface area contributed by atoms with Gasteiger partial charge in [-0.15, -0.1) is 0 Å². The van der Waals surface area contributed by atoms with Crippen LogP contribution in [0, 0.1) is 0 Å². The summed E-state index contributed by atoms with van der Waals surface area (Å²) in [7, 11) is 2.86. The summed E-state index contributed by atoms with van der Waals surface area (Å²) in [6.45, 7) is 2.59. The number of ketones is 1. The van der Waals surface area contributed by atoms with Gasteiger partial charge in [-0.3, -0.25) is 4.79 Å². The normalized spacial score (nSPS) is 10.6. The molecule has 1 aromatic rings. The fourth-order valence-electron chi connectivity index (χ4n) is 1.45. The van der Waals surface area contributed by atoms with E-state index in [0.29, 0.717) is 17.9 Å². The predicted octanol–water partition coefficient (Wildman–Crippen LogP) is 2.28. The fraction of sp³-hybridized carbons (Fsp3) is 0.462. The zero-order chi connectivity index (χ0) is 12.7. The van der Waals surface area contributed by atoms with Crippen molar-refractivity contribution in [1.82, 2.24) is 0 Å². The zero-order valence-corrected chi connectivity index (χ0v) is 10.4. The van der Waals surface area contributed by atoms with Crippen LogP contribution in [-0.4, -0.2) is 32.9 Å². The first-order valence-electron chi connectivity index (χ1n) is 5.56. The highest BCUT2D eigenvalue weighted by Gasteiger charge is 2.22. The second-order valence-electron chi connectivity index (χ2n) is 3.51. The van der Waals surface area contributed by atoms with Crippen molar-refractivity contribution >= 4 is 5.78 Å². The van der Waals surface area contributed by atoms with Gasteiger partial charge in [0, 0.05) is 14.2 Å². The molecule has 1 aromatic carbocycles. The van der Waals surface area contributed by atoms with E-state index in [-0.39, 0.29) is 5.78 Å². The van der Waals surface area contributed by atoms with Crippen LogP contribution in [-0.2, 0) is 9.47 Å². The number of methoxy groups -OCH3 is 2. The number of benzene rings is 1. The van der Waals surface area contributed by atoms with Gasteiger partial charge in [0.15, 0.2) is 0 Å². The summed E-state index contributed by atoms with van der Waals surface area (Å²) in [5.41, 5.74) is 0.481. The second kappa shape index (κ2) is 7.04. The molecule has 0 bridgehead atoms. The Kier molecular flexibility index (Phi) is 5.66. The number of Topliss-reactive ketones (excluding diaryl/α,β-unsaturated/α-hetero) is 1. The van der Waals surface area contributed by atoms with Crippen LogP contribution in [0.4, 0.5) is 0 Å². The molecule has 0 aliphatic rings. The van der Waals surface area contributed by atoms with Crippen LogP contribution in [0.2, 0.25) is 0 Å². The Morgan fingerprint density at radius 2 is 1.88 bits per heavy atom. The molecule has 0 unspecified atom stereocenters. The van der Waals surface area contributed by atoms with Crippen molar-refractivity contribution in [3.05, 3.63) is 29.8 Å². The Morgan fingerprint density at radius 3 is 2.47 bits per heavy atom. The maximum Gasteiger partial charge on any atom is 0.222 e. The largest absolute Gasteiger partial charge is 0.493 e. The van der Waals surface area contributed by atoms with Crippen LogP contribution in [0.15, 0.2) is 24.3 Å². The van der Waals surface area contributed by atoms with Crippen molar-refractivity contribution in [1.29, 1.82) is 0 Å². The molecule has 0 aliphatic carbocycles. The summed E-state index contributed by atoms with van der Waals surface area (Å²) in [5.74, 6) is 0.333. The number of carbonyl (C=O) groups excluding carboxylic acids is 1. The summed E-state index contributed by atoms with van der Waals surface area (Å²) in [6.07, 6.45) is 0.00178. The van der Waals surface area contributed by atoms with Crippen LogP contribution >= 0.6 is 0 Å². The van der Waals surface area contributed by atoms with Crippen LogP contribution in [0.25, 0.3) is 0 Å². The Hall–Kier alpha value is -1.39. The van der Waals surface area contributed by atoms with E-state index in [9.17, 15) is 4.79 Å². The van der Waals surface area contributed by atoms with Gasteiger partial charge in [-0.05, 0) is 18.6 Å². The summed E-state index contributed by atoms with van der Waals surface area (Å²) in [6, 6.07) is 7.09. The van der Waals surface area contributed by atoms with Gasteiger partial charge >= 0.3 is 0 Å². The lowest BCUT2D eigenvalue weighted by atomic mass is 10.1. The van der Waals surface area contributed by atoms with E-state index in [4.69, 9.17) is 14.2 Å². The third-order valence-electron chi connectivity index (χ3n) is 2.26. The molecule has 4 nitrogen and oxygen atoms in total. The first-order valence-corrected chi connectivity index (χ1v) is 5.56. The van der Waals surface area contributed by atoms with E-state index in [1.807, 2.05) is 13.0 Å². The third kappa shape index (κ3) is 3.54. The number of hydrogen-bond acceptors (Lipinski definition) is 4. The minimum Gasteiger partial charge on any atom is -0.493 e. The SMILES string of the molecule is CCCOc1ccccc1C(=O)C(OC)OC. The molecule has 0 heterocycles. The fourth-order valence-corrected chi connectivity index (χ4v) is 1.45. The van der Waals surface area contributed by atoms with Gasteiger partial charge in [-0.25, -0.2) is 0 Å². The van der Waals surface area contributed by atoms with Gasteiger partial charge in [0.1, 0.15) is 5.75 Å². The minimum absolute atomic E-state index is 0.235. The van der Waals surface area contributed by atoms with Crippen molar-refractivity contribution in [2.24, 2.45) is 0 Å². The maximum atomic E-state index is 12.1. The summed E-state index contributed by atoms with van der Waals surface area (Å²) >= 11 is 0. The van der Waals surface area contributed by atoms with E-state index >= 15 is 0 Å². The molecule has 0 saturated heterocycles.